The fraction of sp³-hybridized carbons (Fsp3) is 0.308. The largest absolute Gasteiger partial charge is 0.357 e. The maximum atomic E-state index is 11.9. The Kier molecular flexibility index (Phi) is 3.76. The van der Waals surface area contributed by atoms with E-state index in [9.17, 15) is 8.42 Å². The van der Waals surface area contributed by atoms with Gasteiger partial charge in [0.2, 0.25) is 10.0 Å². The minimum Gasteiger partial charge on any atom is -0.357 e. The Morgan fingerprint density at radius 2 is 2.11 bits per heavy atom. The van der Waals surface area contributed by atoms with E-state index >= 15 is 0 Å². The maximum absolute atomic E-state index is 11.9. The van der Waals surface area contributed by atoms with Crippen molar-refractivity contribution in [2.75, 3.05) is 10.5 Å². The van der Waals surface area contributed by atoms with Crippen LogP contribution >= 0.6 is 0 Å². The number of anilines is 1. The highest BCUT2D eigenvalue weighted by Crippen LogP contribution is 2.27. The Morgan fingerprint density at radius 1 is 1.37 bits per heavy atom. The highest BCUT2D eigenvalue weighted by atomic mass is 32.2. The second-order valence-electron chi connectivity index (χ2n) is 4.35. The van der Waals surface area contributed by atoms with Gasteiger partial charge in [0.1, 0.15) is 0 Å². The molecule has 0 saturated heterocycles. The fourth-order valence-electron chi connectivity index (χ4n) is 1.96. The number of fused-ring (bicyclic) bond motifs is 1. The summed E-state index contributed by atoms with van der Waals surface area (Å²) in [6, 6.07) is 9.46. The van der Waals surface area contributed by atoms with Crippen LogP contribution in [0.5, 0.6) is 0 Å². The number of H-pyrrole nitrogens is 1. The van der Waals surface area contributed by atoms with Crippen molar-refractivity contribution in [1.82, 2.24) is 4.98 Å². The average Bonchev–Trinajstić information content (AvgIpc) is 2.66. The fourth-order valence-corrected chi connectivity index (χ4v) is 3.16. The van der Waals surface area contributed by atoms with Crippen LogP contribution in [-0.4, -0.2) is 19.2 Å². The molecular formula is C13H15N3O2S. The van der Waals surface area contributed by atoms with Crippen LogP contribution in [-0.2, 0) is 10.0 Å². The van der Waals surface area contributed by atoms with Crippen molar-refractivity contribution in [1.29, 1.82) is 5.26 Å². The lowest BCUT2D eigenvalue weighted by Crippen LogP contribution is -2.17. The third-order valence-corrected chi connectivity index (χ3v) is 4.19. The maximum Gasteiger partial charge on any atom is 0.232 e. The molecule has 6 heteroatoms. The second-order valence-corrected chi connectivity index (χ2v) is 6.20. The SMILES string of the molecule is Cc1[nH]c2ccccc2c1NS(=O)(=O)CCCC#N. The van der Waals surface area contributed by atoms with Crippen molar-refractivity contribution >= 4 is 26.6 Å². The monoisotopic (exact) mass is 277 g/mol. The number of rotatable bonds is 5. The summed E-state index contributed by atoms with van der Waals surface area (Å²) in [5.41, 5.74) is 2.27. The number of para-hydroxylation sites is 1. The molecule has 0 bridgehead atoms. The molecule has 0 fully saturated rings. The van der Waals surface area contributed by atoms with E-state index in [1.54, 1.807) is 0 Å². The van der Waals surface area contributed by atoms with E-state index in [1.807, 2.05) is 37.3 Å². The quantitative estimate of drug-likeness (QED) is 0.823. The van der Waals surface area contributed by atoms with Crippen molar-refractivity contribution in [3.63, 3.8) is 0 Å². The van der Waals surface area contributed by atoms with Gasteiger partial charge in [0.25, 0.3) is 0 Å². The standard InChI is InChI=1S/C13H15N3O2S/c1-10-13(11-6-2-3-7-12(11)15-10)16-19(17,18)9-5-4-8-14/h2-3,6-7,15-16H,4-5,9H2,1H3. The molecule has 19 heavy (non-hydrogen) atoms. The number of aryl methyl sites for hydroxylation is 1. The van der Waals surface area contributed by atoms with Crippen molar-refractivity contribution in [2.24, 2.45) is 0 Å². The molecule has 0 amide bonds. The van der Waals surface area contributed by atoms with Crippen LogP contribution in [0.15, 0.2) is 24.3 Å². The smallest absolute Gasteiger partial charge is 0.232 e. The van der Waals surface area contributed by atoms with Crippen LogP contribution in [0.2, 0.25) is 0 Å². The van der Waals surface area contributed by atoms with Crippen LogP contribution in [0, 0.1) is 18.3 Å². The number of unbranched alkanes of at least 4 members (excludes halogenated alkanes) is 1. The van der Waals surface area contributed by atoms with Gasteiger partial charge in [-0.15, -0.1) is 0 Å². The Bertz CT molecular complexity index is 726. The molecule has 0 saturated carbocycles. The minimum atomic E-state index is -3.41. The van der Waals surface area contributed by atoms with Gasteiger partial charge in [-0.1, -0.05) is 18.2 Å². The van der Waals surface area contributed by atoms with E-state index in [4.69, 9.17) is 5.26 Å². The zero-order valence-electron chi connectivity index (χ0n) is 10.6. The number of aromatic nitrogens is 1. The molecule has 0 aliphatic rings. The van der Waals surface area contributed by atoms with E-state index < -0.39 is 10.0 Å². The lowest BCUT2D eigenvalue weighted by molar-refractivity contribution is 0.599. The molecule has 0 spiro atoms. The summed E-state index contributed by atoms with van der Waals surface area (Å²) in [5.74, 6) is -0.0422. The predicted octanol–water partition coefficient (Wildman–Crippen LogP) is 2.52. The Hall–Kier alpha value is -2.00. The first-order valence-electron chi connectivity index (χ1n) is 5.98. The normalized spacial score (nSPS) is 11.4. The number of nitrogens with one attached hydrogen (secondary N) is 2. The van der Waals surface area contributed by atoms with E-state index in [0.29, 0.717) is 12.1 Å². The Balaban J connectivity index is 2.26. The van der Waals surface area contributed by atoms with Crippen molar-refractivity contribution in [3.8, 4) is 6.07 Å². The first-order chi connectivity index (χ1) is 9.03. The number of nitrogens with zero attached hydrogens (tertiary/aromatic N) is 1. The van der Waals surface area contributed by atoms with Gasteiger partial charge in [-0.3, -0.25) is 4.72 Å². The second kappa shape index (κ2) is 5.33. The van der Waals surface area contributed by atoms with Crippen LogP contribution in [0.25, 0.3) is 10.9 Å². The molecule has 2 rings (SSSR count). The Labute approximate surface area is 112 Å². The van der Waals surface area contributed by atoms with Gasteiger partial charge in [-0.25, -0.2) is 8.42 Å². The van der Waals surface area contributed by atoms with Gasteiger partial charge >= 0.3 is 0 Å². The molecule has 0 unspecified atom stereocenters. The summed E-state index contributed by atoms with van der Waals surface area (Å²) in [4.78, 5) is 3.14. The van der Waals surface area contributed by atoms with Gasteiger partial charge in [0.05, 0.1) is 17.5 Å². The van der Waals surface area contributed by atoms with Crippen LogP contribution in [0.4, 0.5) is 5.69 Å². The predicted molar refractivity (Wildman–Crippen MR) is 75.3 cm³/mol. The minimum absolute atomic E-state index is 0.0422. The lowest BCUT2D eigenvalue weighted by Gasteiger charge is -2.07. The van der Waals surface area contributed by atoms with E-state index in [2.05, 4.69) is 9.71 Å². The van der Waals surface area contributed by atoms with Crippen LogP contribution in [0.1, 0.15) is 18.5 Å². The van der Waals surface area contributed by atoms with Crippen molar-refractivity contribution in [3.05, 3.63) is 30.0 Å². The van der Waals surface area contributed by atoms with Crippen molar-refractivity contribution in [2.45, 2.75) is 19.8 Å². The lowest BCUT2D eigenvalue weighted by atomic mass is 10.2. The Morgan fingerprint density at radius 3 is 2.84 bits per heavy atom. The molecule has 0 atom stereocenters. The molecule has 100 valence electrons. The summed E-state index contributed by atoms with van der Waals surface area (Å²) in [5, 5.41) is 9.29. The van der Waals surface area contributed by atoms with Gasteiger partial charge in [0, 0.05) is 23.0 Å². The summed E-state index contributed by atoms with van der Waals surface area (Å²) >= 11 is 0. The van der Waals surface area contributed by atoms with Crippen LogP contribution < -0.4 is 4.72 Å². The molecule has 0 aliphatic heterocycles. The van der Waals surface area contributed by atoms with Gasteiger partial charge < -0.3 is 4.98 Å². The molecule has 1 aromatic heterocycles. The zero-order valence-corrected chi connectivity index (χ0v) is 11.4. The van der Waals surface area contributed by atoms with Gasteiger partial charge in [-0.2, -0.15) is 5.26 Å². The average molecular weight is 277 g/mol. The van der Waals surface area contributed by atoms with Gasteiger partial charge in [0.15, 0.2) is 0 Å². The van der Waals surface area contributed by atoms with E-state index in [-0.39, 0.29) is 12.2 Å². The molecule has 0 aliphatic carbocycles. The number of benzene rings is 1. The number of aromatic amines is 1. The summed E-state index contributed by atoms with van der Waals surface area (Å²) in [6.45, 7) is 1.83. The highest BCUT2D eigenvalue weighted by molar-refractivity contribution is 7.92. The molecule has 0 radical (unpaired) electrons. The number of sulfonamides is 1. The molecule has 1 heterocycles. The molecular weight excluding hydrogens is 262 g/mol. The third-order valence-electron chi connectivity index (χ3n) is 2.85. The number of nitriles is 1. The van der Waals surface area contributed by atoms with Crippen molar-refractivity contribution < 1.29 is 8.42 Å². The highest BCUT2D eigenvalue weighted by Gasteiger charge is 2.15. The molecule has 5 nitrogen and oxygen atoms in total. The van der Waals surface area contributed by atoms with E-state index in [0.717, 1.165) is 16.6 Å². The molecule has 2 N–H and O–H groups in total. The number of hydrogen-bond donors (Lipinski definition) is 2. The summed E-state index contributed by atoms with van der Waals surface area (Å²) in [7, 11) is -3.41. The van der Waals surface area contributed by atoms with E-state index in [1.165, 1.54) is 0 Å². The van der Waals surface area contributed by atoms with Crippen LogP contribution in [0.3, 0.4) is 0 Å². The number of hydrogen-bond acceptors (Lipinski definition) is 3. The van der Waals surface area contributed by atoms with Gasteiger partial charge in [-0.05, 0) is 19.4 Å². The summed E-state index contributed by atoms with van der Waals surface area (Å²) in [6.07, 6.45) is 0.584. The zero-order chi connectivity index (χ0) is 13.9. The topological polar surface area (TPSA) is 85.8 Å². The molecule has 1 aromatic carbocycles. The first kappa shape index (κ1) is 13.4. The summed E-state index contributed by atoms with van der Waals surface area (Å²) < 4.78 is 26.5. The first-order valence-corrected chi connectivity index (χ1v) is 7.63. The third kappa shape index (κ3) is 3.06. The molecule has 2 aromatic rings.